The van der Waals surface area contributed by atoms with Crippen LogP contribution in [0.2, 0.25) is 10.0 Å². The second-order valence-electron chi connectivity index (χ2n) is 16.5. The van der Waals surface area contributed by atoms with Crippen LogP contribution in [-0.4, -0.2) is 154 Å². The lowest BCUT2D eigenvalue weighted by Gasteiger charge is -2.50. The average Bonchev–Trinajstić information content (AvgIpc) is 3.92. The number of aromatic nitrogens is 1. The monoisotopic (exact) mass is 992 g/mol. The molecule has 2 fully saturated rings. The number of nitrogen functional groups attached to an aromatic ring is 1. The summed E-state index contributed by atoms with van der Waals surface area (Å²) < 4.78 is 0.476. The van der Waals surface area contributed by atoms with Crippen molar-refractivity contribution in [3.05, 3.63) is 67.8 Å². The van der Waals surface area contributed by atoms with Gasteiger partial charge in [0.1, 0.15) is 17.9 Å². The third kappa shape index (κ3) is 10.6. The summed E-state index contributed by atoms with van der Waals surface area (Å²) >= 11 is 14.7. The molecule has 0 spiro atoms. The Balaban J connectivity index is 1.15. The van der Waals surface area contributed by atoms with Gasteiger partial charge in [0.25, 0.3) is 11.8 Å². The van der Waals surface area contributed by atoms with Gasteiger partial charge in [-0.25, -0.2) is 14.6 Å². The fraction of sp³-hybridized carbons (Fsp3) is 0.429. The number of rotatable bonds is 20. The number of oxime groups is 1. The first kappa shape index (κ1) is 49.6. The number of aromatic hydroxyl groups is 4. The van der Waals surface area contributed by atoms with Crippen molar-refractivity contribution in [2.24, 2.45) is 11.1 Å². The molecular weight excluding hydrogens is 946 g/mol. The molecule has 66 heavy (non-hydrogen) atoms. The van der Waals surface area contributed by atoms with Gasteiger partial charge < -0.3 is 55.9 Å². The molecular formula is C42H48Cl2N7O13S2+. The van der Waals surface area contributed by atoms with E-state index in [-0.39, 0.29) is 81.6 Å². The quantitative estimate of drug-likeness (QED) is 0.0196. The average molecular weight is 994 g/mol. The van der Waals surface area contributed by atoms with Gasteiger partial charge in [-0.2, -0.15) is 0 Å². The summed E-state index contributed by atoms with van der Waals surface area (Å²) in [5.74, 6) is -8.02. The van der Waals surface area contributed by atoms with E-state index in [9.17, 15) is 59.4 Å². The minimum absolute atomic E-state index is 0.0383. The van der Waals surface area contributed by atoms with Crippen LogP contribution >= 0.6 is 46.3 Å². The van der Waals surface area contributed by atoms with E-state index >= 15 is 0 Å². The van der Waals surface area contributed by atoms with E-state index < -0.39 is 75.3 Å². The zero-order valence-corrected chi connectivity index (χ0v) is 38.8. The fourth-order valence-corrected chi connectivity index (χ4v) is 10.5. The largest absolute Gasteiger partial charge is 0.504 e. The van der Waals surface area contributed by atoms with Gasteiger partial charge in [0.15, 0.2) is 39.6 Å². The summed E-state index contributed by atoms with van der Waals surface area (Å²) in [5, 5.41) is 66.6. The number of hydrogen-bond donors (Lipinski definition) is 8. The molecule has 2 aromatic carbocycles. The number of aliphatic carboxylic acids is 2. The van der Waals surface area contributed by atoms with E-state index in [1.165, 1.54) is 52.9 Å². The predicted molar refractivity (Wildman–Crippen MR) is 243 cm³/mol. The Kier molecular flexibility index (Phi) is 15.3. The van der Waals surface area contributed by atoms with Gasteiger partial charge in [-0.15, -0.1) is 23.1 Å². The number of amides is 3. The van der Waals surface area contributed by atoms with Crippen LogP contribution in [0.4, 0.5) is 5.13 Å². The number of nitrogens with zero attached hydrogens (tertiary/aromatic N) is 5. The number of halogens is 2. The molecule has 0 bridgehead atoms. The Labute approximate surface area is 395 Å². The lowest BCUT2D eigenvalue weighted by Crippen LogP contribution is -2.62. The number of thioether (sulfide) groups is 1. The van der Waals surface area contributed by atoms with Crippen molar-refractivity contribution in [2.75, 3.05) is 57.3 Å². The Bertz CT molecular complexity index is 2510. The summed E-state index contributed by atoms with van der Waals surface area (Å²) in [6, 6.07) is 4.80. The minimum Gasteiger partial charge on any atom is -0.504 e. The van der Waals surface area contributed by atoms with E-state index in [1.54, 1.807) is 0 Å². The number of ketones is 1. The molecule has 3 aliphatic heterocycles. The molecule has 9 N–H and O–H groups in total. The number of fused-ring (bicyclic) bond motifs is 1. The molecule has 3 aromatic rings. The van der Waals surface area contributed by atoms with Crippen LogP contribution < -0.4 is 11.1 Å². The van der Waals surface area contributed by atoms with Crippen molar-refractivity contribution in [3.63, 3.8) is 0 Å². The maximum Gasteiger partial charge on any atom is 0.352 e. The number of quaternary nitrogens is 1. The summed E-state index contributed by atoms with van der Waals surface area (Å²) in [5.41, 5.74) is 3.96. The number of nitrogens with two attached hydrogens (primary N) is 1. The summed E-state index contributed by atoms with van der Waals surface area (Å²) in [4.78, 5) is 90.8. The summed E-state index contributed by atoms with van der Waals surface area (Å²) in [7, 11) is 0. The van der Waals surface area contributed by atoms with Crippen LogP contribution in [0.3, 0.4) is 0 Å². The Morgan fingerprint density at radius 1 is 0.985 bits per heavy atom. The molecule has 3 aliphatic rings. The number of carboxylic acids is 2. The number of anilines is 1. The molecule has 2 saturated heterocycles. The van der Waals surface area contributed by atoms with Gasteiger partial charge in [0, 0.05) is 62.0 Å². The van der Waals surface area contributed by atoms with E-state index in [1.807, 2.05) is 0 Å². The number of nitrogens with one attached hydrogen (secondary N) is 1. The predicted octanol–water partition coefficient (Wildman–Crippen LogP) is 4.23. The van der Waals surface area contributed by atoms with E-state index in [0.29, 0.717) is 42.7 Å². The molecule has 6 rings (SSSR count). The minimum atomic E-state index is -1.80. The number of carbonyl (C=O) groups excluding carboxylic acids is 4. The number of thiazole rings is 1. The number of β-lactam (4-membered cyclic amide) rings is 1. The van der Waals surface area contributed by atoms with Crippen molar-refractivity contribution >= 4 is 92.6 Å². The van der Waals surface area contributed by atoms with Crippen LogP contribution in [0, 0.1) is 5.92 Å². The van der Waals surface area contributed by atoms with Crippen LogP contribution in [-0.2, 0) is 24.0 Å². The van der Waals surface area contributed by atoms with E-state index in [0.717, 1.165) is 36.3 Å². The molecule has 3 amide bonds. The van der Waals surface area contributed by atoms with Gasteiger partial charge in [-0.3, -0.25) is 24.1 Å². The van der Waals surface area contributed by atoms with Crippen LogP contribution in [0.5, 0.6) is 23.0 Å². The zero-order chi connectivity index (χ0) is 48.2. The number of Topliss-reactive ketones (excluding diaryl/α,β-unsaturated/α-hetero) is 1. The number of carboxylic acid groups (broad SMARTS) is 2. The fourth-order valence-electron chi connectivity index (χ4n) is 8.04. The summed E-state index contributed by atoms with van der Waals surface area (Å²) in [6.07, 6.45) is 2.01. The zero-order valence-electron chi connectivity index (χ0n) is 35.7. The van der Waals surface area contributed by atoms with Crippen LogP contribution in [0.25, 0.3) is 0 Å². The lowest BCUT2D eigenvalue weighted by molar-refractivity contribution is -0.912. The highest BCUT2D eigenvalue weighted by molar-refractivity contribution is 8.00. The first-order valence-corrected chi connectivity index (χ1v) is 23.3. The molecule has 24 heteroatoms. The molecule has 20 nitrogen and oxygen atoms in total. The normalized spacial score (nSPS) is 18.1. The van der Waals surface area contributed by atoms with Crippen molar-refractivity contribution < 1.29 is 68.7 Å². The molecule has 1 aromatic heterocycles. The third-order valence-electron chi connectivity index (χ3n) is 11.6. The molecule has 0 unspecified atom stereocenters. The third-order valence-corrected chi connectivity index (χ3v) is 14.5. The lowest BCUT2D eigenvalue weighted by atomic mass is 9.89. The second kappa shape index (κ2) is 20.4. The Morgan fingerprint density at radius 2 is 1.61 bits per heavy atom. The van der Waals surface area contributed by atoms with Gasteiger partial charge in [-0.1, -0.05) is 28.4 Å². The van der Waals surface area contributed by atoms with Crippen molar-refractivity contribution in [3.8, 4) is 23.0 Å². The topological polar surface area (TPSA) is 303 Å². The van der Waals surface area contributed by atoms with Gasteiger partial charge in [0.2, 0.25) is 11.5 Å². The van der Waals surface area contributed by atoms with Gasteiger partial charge in [0.05, 0.1) is 52.1 Å². The summed E-state index contributed by atoms with van der Waals surface area (Å²) in [6.45, 7) is 5.07. The molecule has 0 aliphatic carbocycles. The maximum atomic E-state index is 14.0. The number of phenols is 4. The highest BCUT2D eigenvalue weighted by Gasteiger charge is 2.55. The maximum absolute atomic E-state index is 14.0. The first-order valence-electron chi connectivity index (χ1n) is 20.6. The van der Waals surface area contributed by atoms with E-state index in [2.05, 4.69) is 15.5 Å². The Morgan fingerprint density at radius 3 is 2.21 bits per heavy atom. The van der Waals surface area contributed by atoms with E-state index in [4.69, 9.17) is 33.8 Å². The molecule has 2 atom stereocenters. The molecule has 354 valence electrons. The van der Waals surface area contributed by atoms with Gasteiger partial charge >= 0.3 is 11.9 Å². The SMILES string of the molecule is CC(C)(O/N=C(\C(=O)C[C@@H]1C(=O)N2C(C(=O)O)=C(C[N+]3(CCCN(CCCNC(=O)c4ccc(O)c(O)c4Cl)C(=O)c4ccc(O)c(O)c4Cl)CCCC3)CS[C@H]12)c1csc(N)n1)C(=O)O. The van der Waals surface area contributed by atoms with Crippen molar-refractivity contribution in [2.45, 2.75) is 56.9 Å². The van der Waals surface area contributed by atoms with Crippen LogP contribution in [0.15, 0.2) is 46.1 Å². The highest BCUT2D eigenvalue weighted by atomic mass is 35.5. The number of hydrogen-bond acceptors (Lipinski definition) is 16. The highest BCUT2D eigenvalue weighted by Crippen LogP contribution is 2.46. The Hall–Kier alpha value is -5.81. The number of benzene rings is 2. The first-order chi connectivity index (χ1) is 31.2. The second-order valence-corrected chi connectivity index (χ2v) is 19.3. The molecule has 0 radical (unpaired) electrons. The number of phenolic OH excluding ortho intramolecular Hbond substituents is 4. The van der Waals surface area contributed by atoms with Crippen molar-refractivity contribution in [1.29, 1.82) is 0 Å². The molecule has 0 saturated carbocycles. The van der Waals surface area contributed by atoms with Crippen LogP contribution in [0.1, 0.15) is 72.4 Å². The standard InChI is InChI=1S/C42H47Cl2N7O13S2/c1-42(2,40(62)63)64-48-31(25-20-66-41(45)47-25)28(54)17-24-37(59)50-32(39(60)61)21(19-65-38(24)50)18-51(14-3-4-15-51)16-6-13-49(36(58)23-8-10-27(53)34(56)30(23)44)12-5-11-46-35(57)22-7-9-26(52)33(55)29(22)43/h7-10,20,24,38H,3-6,11-19H2,1-2H3,(H8-,45,46,47,48,52,53,54,55,56,57,58,60,61,62,63)/p+1/t24-,38-/m1/s1. The smallest absolute Gasteiger partial charge is 0.352 e. The van der Waals surface area contributed by atoms with Gasteiger partial charge in [-0.05, 0) is 44.5 Å². The van der Waals surface area contributed by atoms with Crippen molar-refractivity contribution in [1.82, 2.24) is 20.1 Å². The number of likely N-dealkylation sites (tertiary alicyclic amines) is 1. The molecule has 4 heterocycles. The number of carbonyl (C=O) groups is 6.